The molecule has 0 heterocycles. The Morgan fingerprint density at radius 1 is 0.742 bits per heavy atom. The Morgan fingerprint density at radius 3 is 1.55 bits per heavy atom. The van der Waals surface area contributed by atoms with Gasteiger partial charge in [0.1, 0.15) is 11.6 Å². The Bertz CT molecular complexity index is 787. The zero-order chi connectivity index (χ0) is 23.0. The van der Waals surface area contributed by atoms with Crippen LogP contribution in [-0.4, -0.2) is 21.6 Å². The van der Waals surface area contributed by atoms with Gasteiger partial charge in [0.25, 0.3) is 0 Å². The van der Waals surface area contributed by atoms with Gasteiger partial charge in [0.05, 0.1) is 0 Å². The number of halogens is 2. The zero-order valence-corrected chi connectivity index (χ0v) is 21.9. The second kappa shape index (κ2) is 9.57. The van der Waals surface area contributed by atoms with Crippen LogP contribution in [0.2, 0.25) is 0 Å². The monoisotopic (exact) mass is 462 g/mol. The molecule has 0 nitrogen and oxygen atoms in total. The maximum absolute atomic E-state index is 13.7. The lowest BCUT2D eigenvalue weighted by atomic mass is 10.0. The summed E-state index contributed by atoms with van der Waals surface area (Å²) in [7, 11) is -0.892. The van der Waals surface area contributed by atoms with Crippen LogP contribution < -0.4 is 10.6 Å². The van der Waals surface area contributed by atoms with E-state index in [1.165, 1.54) is 29.9 Å². The van der Waals surface area contributed by atoms with Gasteiger partial charge >= 0.3 is 0 Å². The van der Waals surface area contributed by atoms with Crippen molar-refractivity contribution in [3.8, 4) is 0 Å². The van der Waals surface area contributed by atoms with Crippen LogP contribution in [0.5, 0.6) is 0 Å². The summed E-state index contributed by atoms with van der Waals surface area (Å²) >= 11 is 0. The summed E-state index contributed by atoms with van der Waals surface area (Å²) in [5.41, 5.74) is 1.20. The molecule has 2 aromatic rings. The van der Waals surface area contributed by atoms with E-state index >= 15 is 0 Å². The smallest absolute Gasteiger partial charge is 0.123 e. The molecule has 1 fully saturated rings. The highest BCUT2D eigenvalue weighted by Gasteiger charge is 2.46. The van der Waals surface area contributed by atoms with Crippen molar-refractivity contribution in [1.29, 1.82) is 0 Å². The summed E-state index contributed by atoms with van der Waals surface area (Å²) in [5, 5.41) is 2.99. The van der Waals surface area contributed by atoms with Crippen molar-refractivity contribution >= 4 is 26.5 Å². The molecule has 0 bridgehead atoms. The van der Waals surface area contributed by atoms with Gasteiger partial charge in [-0.2, -0.15) is 0 Å². The van der Waals surface area contributed by atoms with E-state index < -0.39 is 7.92 Å². The molecular formula is C27H38F2P2. The van der Waals surface area contributed by atoms with Gasteiger partial charge in [0.15, 0.2) is 0 Å². The Labute approximate surface area is 190 Å². The Hall–Kier alpha value is -0.840. The topological polar surface area (TPSA) is 0 Å². The first-order valence-electron chi connectivity index (χ1n) is 11.5. The second-order valence-electron chi connectivity index (χ2n) is 10.9. The highest BCUT2D eigenvalue weighted by molar-refractivity contribution is 7.73. The van der Waals surface area contributed by atoms with E-state index in [4.69, 9.17) is 0 Å². The molecule has 0 amide bonds. The minimum Gasteiger partial charge on any atom is -0.207 e. The van der Waals surface area contributed by atoms with Crippen molar-refractivity contribution in [2.45, 2.75) is 89.4 Å². The average Bonchev–Trinajstić information content (AvgIpc) is 3.12. The molecule has 4 heteroatoms. The predicted octanol–water partition coefficient (Wildman–Crippen LogP) is 8.03. The molecule has 3 rings (SSSR count). The normalized spacial score (nSPS) is 21.1. The second-order valence-corrected chi connectivity index (χ2v) is 17.6. The number of rotatable bonds is 5. The van der Waals surface area contributed by atoms with Gasteiger partial charge in [-0.3, -0.25) is 0 Å². The van der Waals surface area contributed by atoms with Crippen LogP contribution in [0.25, 0.3) is 0 Å². The van der Waals surface area contributed by atoms with Crippen molar-refractivity contribution in [3.05, 3.63) is 60.2 Å². The minimum atomic E-state index is -0.668. The summed E-state index contributed by atoms with van der Waals surface area (Å²) in [6, 6.07) is 14.2. The third-order valence-electron chi connectivity index (χ3n) is 6.55. The van der Waals surface area contributed by atoms with Crippen LogP contribution in [-0.2, 0) is 0 Å². The third kappa shape index (κ3) is 5.75. The first-order chi connectivity index (χ1) is 14.4. The van der Waals surface area contributed by atoms with E-state index in [0.29, 0.717) is 17.2 Å². The largest absolute Gasteiger partial charge is 0.207 e. The molecule has 3 unspecified atom stereocenters. The van der Waals surface area contributed by atoms with E-state index in [0.717, 1.165) is 0 Å². The molecule has 3 atom stereocenters. The molecule has 1 aliphatic carbocycles. The van der Waals surface area contributed by atoms with Crippen LogP contribution in [0, 0.1) is 17.6 Å². The fourth-order valence-electron chi connectivity index (χ4n) is 6.01. The molecule has 0 saturated heterocycles. The van der Waals surface area contributed by atoms with E-state index in [9.17, 15) is 8.78 Å². The zero-order valence-electron chi connectivity index (χ0n) is 20.1. The summed E-state index contributed by atoms with van der Waals surface area (Å²) in [5.74, 6) is 0.252. The molecular weight excluding hydrogens is 424 g/mol. The van der Waals surface area contributed by atoms with Gasteiger partial charge < -0.3 is 0 Å². The molecule has 31 heavy (non-hydrogen) atoms. The van der Waals surface area contributed by atoms with Crippen LogP contribution in [0.1, 0.15) is 67.7 Å². The highest BCUT2D eigenvalue weighted by atomic mass is 31.1. The molecule has 0 aromatic heterocycles. The summed E-state index contributed by atoms with van der Waals surface area (Å²) in [6.07, 6.45) is 3.71. The van der Waals surface area contributed by atoms with Crippen LogP contribution >= 0.6 is 15.8 Å². The molecule has 170 valence electrons. The van der Waals surface area contributed by atoms with Gasteiger partial charge in [-0.05, 0) is 83.2 Å². The molecule has 0 radical (unpaired) electrons. The van der Waals surface area contributed by atoms with Gasteiger partial charge in [0.2, 0.25) is 0 Å². The van der Waals surface area contributed by atoms with Crippen LogP contribution in [0.15, 0.2) is 48.5 Å². The number of hydrogen-bond acceptors (Lipinski definition) is 0. The highest BCUT2D eigenvalue weighted by Crippen LogP contribution is 2.67. The van der Waals surface area contributed by atoms with Crippen molar-refractivity contribution in [2.75, 3.05) is 0 Å². The number of hydrogen-bond donors (Lipinski definition) is 0. The first kappa shape index (κ1) is 24.8. The fourth-order valence-corrected chi connectivity index (χ4v) is 14.6. The molecule has 0 aliphatic heterocycles. The maximum atomic E-state index is 13.7. The maximum Gasteiger partial charge on any atom is 0.123 e. The van der Waals surface area contributed by atoms with Crippen molar-refractivity contribution in [1.82, 2.24) is 0 Å². The van der Waals surface area contributed by atoms with Crippen molar-refractivity contribution < 1.29 is 8.78 Å². The van der Waals surface area contributed by atoms with E-state index in [1.807, 2.05) is 24.3 Å². The molecule has 2 aromatic carbocycles. The Kier molecular flexibility index (Phi) is 7.65. The van der Waals surface area contributed by atoms with Gasteiger partial charge in [-0.15, -0.1) is 0 Å². The fraction of sp³-hybridized carbons (Fsp3) is 0.556. The summed E-state index contributed by atoms with van der Waals surface area (Å²) in [4.78, 5) is 0. The Balaban J connectivity index is 2.03. The molecule has 1 aliphatic rings. The van der Waals surface area contributed by atoms with Gasteiger partial charge in [-0.1, -0.05) is 87.1 Å². The lowest BCUT2D eigenvalue weighted by Crippen LogP contribution is -2.37. The van der Waals surface area contributed by atoms with Crippen LogP contribution in [0.4, 0.5) is 8.78 Å². The van der Waals surface area contributed by atoms with Gasteiger partial charge in [-0.25, -0.2) is 8.78 Å². The molecule has 0 N–H and O–H groups in total. The quantitative estimate of drug-likeness (QED) is 0.395. The lowest BCUT2D eigenvalue weighted by molar-refractivity contribution is 0.527. The SMILES string of the molecule is CC(C1CCCC1P(c1ccc(F)cc1)c1ccc(F)cc1)P(C(C)(C)C)C(C)(C)C. The number of benzene rings is 2. The van der Waals surface area contributed by atoms with Crippen molar-refractivity contribution in [2.24, 2.45) is 5.92 Å². The molecule has 1 saturated carbocycles. The van der Waals surface area contributed by atoms with Gasteiger partial charge in [0, 0.05) is 0 Å². The summed E-state index contributed by atoms with van der Waals surface area (Å²) in [6.45, 7) is 17.0. The Morgan fingerprint density at radius 2 is 1.16 bits per heavy atom. The summed E-state index contributed by atoms with van der Waals surface area (Å²) < 4.78 is 27.4. The molecule has 0 spiro atoms. The average molecular weight is 463 g/mol. The standard InChI is InChI=1S/C27H38F2P2/c1-19(31(26(2,3)4)27(5,6)7)24-9-8-10-25(24)30(22-15-11-20(28)12-16-22)23-17-13-21(29)14-18-23/h11-19,24-25H,8-10H2,1-7H3. The van der Waals surface area contributed by atoms with E-state index in [2.05, 4.69) is 48.5 Å². The van der Waals surface area contributed by atoms with E-state index in [-0.39, 0.29) is 29.9 Å². The van der Waals surface area contributed by atoms with E-state index in [1.54, 1.807) is 24.3 Å². The lowest BCUT2D eigenvalue weighted by Gasteiger charge is -2.49. The first-order valence-corrected chi connectivity index (χ1v) is 14.3. The predicted molar refractivity (Wildman–Crippen MR) is 136 cm³/mol. The third-order valence-corrected chi connectivity index (χ3v) is 13.6. The van der Waals surface area contributed by atoms with Crippen molar-refractivity contribution in [3.63, 3.8) is 0 Å². The van der Waals surface area contributed by atoms with Crippen LogP contribution in [0.3, 0.4) is 0 Å². The minimum absolute atomic E-state index is 0.196.